The van der Waals surface area contributed by atoms with Crippen LogP contribution in [-0.4, -0.2) is 49.9 Å². The maximum atomic E-state index is 8.29. The molecule has 0 saturated heterocycles. The van der Waals surface area contributed by atoms with E-state index in [1.54, 1.807) is 0 Å². The molecule has 0 spiro atoms. The van der Waals surface area contributed by atoms with Crippen LogP contribution in [0.1, 0.15) is 26.7 Å². The Morgan fingerprint density at radius 2 is 1.21 bits per heavy atom. The van der Waals surface area contributed by atoms with Gasteiger partial charge in [-0.2, -0.15) is 0 Å². The molecule has 0 atom stereocenters. The van der Waals surface area contributed by atoms with Gasteiger partial charge in [-0.05, 0) is 26.7 Å². The minimum absolute atomic E-state index is 0.180. The first kappa shape index (κ1) is 16.3. The van der Waals surface area contributed by atoms with E-state index in [4.69, 9.17) is 19.7 Å². The zero-order chi connectivity index (χ0) is 11.1. The standard InChI is InChI=1S/C6H14O3.C4H10O/c7-3-1-5-9-6-2-4-8;1-3-5-4-2/h7-8H,1-6H2;3-4H2,1-2H3. The Balaban J connectivity index is 0. The molecule has 0 radical (unpaired) electrons. The van der Waals surface area contributed by atoms with E-state index in [0.717, 1.165) is 13.2 Å². The average molecular weight is 208 g/mol. The number of ether oxygens (including phenoxy) is 2. The van der Waals surface area contributed by atoms with E-state index >= 15 is 0 Å². The normalized spacial score (nSPS) is 9.43. The monoisotopic (exact) mass is 208 g/mol. The van der Waals surface area contributed by atoms with Crippen molar-refractivity contribution in [3.63, 3.8) is 0 Å². The lowest BCUT2D eigenvalue weighted by Gasteiger charge is -1.99. The Labute approximate surface area is 86.8 Å². The third-order valence-corrected chi connectivity index (χ3v) is 1.30. The molecule has 0 aromatic rings. The predicted molar refractivity (Wildman–Crippen MR) is 56.4 cm³/mol. The average Bonchev–Trinajstić information content (AvgIpc) is 2.20. The van der Waals surface area contributed by atoms with E-state index in [0.29, 0.717) is 26.1 Å². The molecular weight excluding hydrogens is 184 g/mol. The molecule has 0 amide bonds. The lowest BCUT2D eigenvalue weighted by Crippen LogP contribution is -2.00. The van der Waals surface area contributed by atoms with Gasteiger partial charge in [0.2, 0.25) is 0 Å². The second kappa shape index (κ2) is 18.6. The summed E-state index contributed by atoms with van der Waals surface area (Å²) >= 11 is 0. The van der Waals surface area contributed by atoms with Gasteiger partial charge in [-0.3, -0.25) is 0 Å². The first-order valence-electron chi connectivity index (χ1n) is 5.20. The molecule has 0 saturated carbocycles. The Kier molecular flexibility index (Phi) is 21.6. The molecule has 0 aromatic carbocycles. The van der Waals surface area contributed by atoms with Crippen LogP contribution in [0, 0.1) is 0 Å². The molecule has 2 N–H and O–H groups in total. The molecule has 0 unspecified atom stereocenters. The zero-order valence-corrected chi connectivity index (χ0v) is 9.37. The van der Waals surface area contributed by atoms with Gasteiger partial charge in [0, 0.05) is 39.6 Å². The second-order valence-corrected chi connectivity index (χ2v) is 2.55. The molecule has 0 heterocycles. The molecule has 0 aliphatic rings. The molecule has 4 nitrogen and oxygen atoms in total. The highest BCUT2D eigenvalue weighted by molar-refractivity contribution is 4.33. The van der Waals surface area contributed by atoms with Gasteiger partial charge < -0.3 is 19.7 Å². The van der Waals surface area contributed by atoms with E-state index in [-0.39, 0.29) is 13.2 Å². The highest BCUT2D eigenvalue weighted by Crippen LogP contribution is 1.83. The highest BCUT2D eigenvalue weighted by Gasteiger charge is 1.85. The van der Waals surface area contributed by atoms with Gasteiger partial charge in [0.25, 0.3) is 0 Å². The Bertz CT molecular complexity index is 70.5. The molecule has 0 aliphatic heterocycles. The van der Waals surface area contributed by atoms with E-state index in [1.807, 2.05) is 13.8 Å². The van der Waals surface area contributed by atoms with Crippen LogP contribution in [0.5, 0.6) is 0 Å². The lowest BCUT2D eigenvalue weighted by molar-refractivity contribution is 0.102. The minimum Gasteiger partial charge on any atom is -0.396 e. The fourth-order valence-electron chi connectivity index (χ4n) is 0.639. The molecule has 0 aliphatic carbocycles. The number of rotatable bonds is 8. The third kappa shape index (κ3) is 22.6. The minimum atomic E-state index is 0.180. The van der Waals surface area contributed by atoms with Crippen LogP contribution in [0.15, 0.2) is 0 Å². The first-order chi connectivity index (χ1) is 6.83. The molecule has 0 fully saturated rings. The lowest BCUT2D eigenvalue weighted by atomic mass is 10.5. The van der Waals surface area contributed by atoms with Crippen molar-refractivity contribution in [2.75, 3.05) is 39.6 Å². The first-order valence-corrected chi connectivity index (χ1v) is 5.20. The van der Waals surface area contributed by atoms with Crippen LogP contribution in [0.25, 0.3) is 0 Å². The van der Waals surface area contributed by atoms with E-state index < -0.39 is 0 Å². The van der Waals surface area contributed by atoms with Crippen molar-refractivity contribution < 1.29 is 19.7 Å². The smallest absolute Gasteiger partial charge is 0.0487 e. The van der Waals surface area contributed by atoms with Gasteiger partial charge in [0.05, 0.1) is 0 Å². The summed E-state index contributed by atoms with van der Waals surface area (Å²) in [5, 5.41) is 16.6. The summed E-state index contributed by atoms with van der Waals surface area (Å²) in [6.07, 6.45) is 1.37. The largest absolute Gasteiger partial charge is 0.396 e. The number of hydrogen-bond acceptors (Lipinski definition) is 4. The Hall–Kier alpha value is -0.160. The zero-order valence-electron chi connectivity index (χ0n) is 9.37. The molecular formula is C10H24O4. The number of aliphatic hydroxyl groups excluding tert-OH is 2. The SMILES string of the molecule is CCOCC.OCCCOCCCO. The van der Waals surface area contributed by atoms with Crippen LogP contribution in [0.2, 0.25) is 0 Å². The fraction of sp³-hybridized carbons (Fsp3) is 1.00. The van der Waals surface area contributed by atoms with Gasteiger partial charge in [0.15, 0.2) is 0 Å². The summed E-state index contributed by atoms with van der Waals surface area (Å²) in [6.45, 7) is 7.21. The number of aliphatic hydroxyl groups is 2. The second-order valence-electron chi connectivity index (χ2n) is 2.55. The quantitative estimate of drug-likeness (QED) is 0.580. The fourth-order valence-corrected chi connectivity index (χ4v) is 0.639. The van der Waals surface area contributed by atoms with Gasteiger partial charge in [-0.1, -0.05) is 0 Å². The van der Waals surface area contributed by atoms with E-state index in [9.17, 15) is 0 Å². The van der Waals surface area contributed by atoms with Crippen molar-refractivity contribution in [2.45, 2.75) is 26.7 Å². The van der Waals surface area contributed by atoms with E-state index in [1.165, 1.54) is 0 Å². The maximum absolute atomic E-state index is 8.29. The molecule has 0 bridgehead atoms. The maximum Gasteiger partial charge on any atom is 0.0487 e. The van der Waals surface area contributed by atoms with Gasteiger partial charge in [-0.25, -0.2) is 0 Å². The Morgan fingerprint density at radius 3 is 1.43 bits per heavy atom. The van der Waals surface area contributed by atoms with Crippen molar-refractivity contribution >= 4 is 0 Å². The number of hydrogen-bond donors (Lipinski definition) is 2. The van der Waals surface area contributed by atoms with Gasteiger partial charge in [0.1, 0.15) is 0 Å². The van der Waals surface area contributed by atoms with Crippen molar-refractivity contribution in [3.8, 4) is 0 Å². The molecule has 0 aromatic heterocycles. The van der Waals surface area contributed by atoms with Gasteiger partial charge in [-0.15, -0.1) is 0 Å². The topological polar surface area (TPSA) is 58.9 Å². The van der Waals surface area contributed by atoms with Crippen LogP contribution >= 0.6 is 0 Å². The summed E-state index contributed by atoms with van der Waals surface area (Å²) in [6, 6.07) is 0. The van der Waals surface area contributed by atoms with Crippen molar-refractivity contribution in [2.24, 2.45) is 0 Å². The Morgan fingerprint density at radius 1 is 0.786 bits per heavy atom. The molecule has 4 heteroatoms. The summed E-state index contributed by atoms with van der Waals surface area (Å²) < 4.78 is 9.83. The summed E-state index contributed by atoms with van der Waals surface area (Å²) in [5.74, 6) is 0. The predicted octanol–water partition coefficient (Wildman–Crippen LogP) is 0.811. The van der Waals surface area contributed by atoms with Gasteiger partial charge >= 0.3 is 0 Å². The molecule has 88 valence electrons. The molecule has 0 rings (SSSR count). The van der Waals surface area contributed by atoms with Crippen LogP contribution in [0.4, 0.5) is 0 Å². The summed E-state index contributed by atoms with van der Waals surface area (Å²) in [4.78, 5) is 0. The third-order valence-electron chi connectivity index (χ3n) is 1.30. The van der Waals surface area contributed by atoms with Crippen LogP contribution < -0.4 is 0 Å². The highest BCUT2D eigenvalue weighted by atomic mass is 16.5. The van der Waals surface area contributed by atoms with E-state index in [2.05, 4.69) is 0 Å². The summed E-state index contributed by atoms with van der Waals surface area (Å²) in [7, 11) is 0. The van der Waals surface area contributed by atoms with Crippen molar-refractivity contribution in [3.05, 3.63) is 0 Å². The van der Waals surface area contributed by atoms with Crippen molar-refractivity contribution in [1.29, 1.82) is 0 Å². The van der Waals surface area contributed by atoms with Crippen LogP contribution in [0.3, 0.4) is 0 Å². The molecule has 14 heavy (non-hydrogen) atoms. The van der Waals surface area contributed by atoms with Crippen LogP contribution in [-0.2, 0) is 9.47 Å². The van der Waals surface area contributed by atoms with Crippen molar-refractivity contribution in [1.82, 2.24) is 0 Å². The summed E-state index contributed by atoms with van der Waals surface area (Å²) in [5.41, 5.74) is 0.